The van der Waals surface area contributed by atoms with Crippen molar-refractivity contribution in [2.75, 3.05) is 0 Å². The highest BCUT2D eigenvalue weighted by Crippen LogP contribution is 2.32. The zero-order valence-electron chi connectivity index (χ0n) is 25.9. The summed E-state index contributed by atoms with van der Waals surface area (Å²) in [6.45, 7) is 8.29. The first-order valence-electron chi connectivity index (χ1n) is 15.1. The number of esters is 1. The standard InChI is InChI=1S/C37H36BrN3O4/c1-5-10-31(38)34-40-32-20-19-27(39-35(43)29-13-7-6-11-26(29)23-42)21-33(32)41(34)22-24-15-17-25(18-16-24)28-12-8-9-14-30(28)36(44)45-37(2,3)4/h6-9,11-20,23,31H,5,10,21-22H2,1-4H3. The van der Waals surface area contributed by atoms with Crippen molar-refractivity contribution in [3.8, 4) is 11.1 Å². The number of amides is 1. The first kappa shape index (κ1) is 32.0. The number of imidazole rings is 1. The zero-order chi connectivity index (χ0) is 32.1. The van der Waals surface area contributed by atoms with Gasteiger partial charge in [0.25, 0.3) is 5.91 Å². The molecular formula is C37H36BrN3O4. The summed E-state index contributed by atoms with van der Waals surface area (Å²) in [6, 6.07) is 22.3. The number of aromatic nitrogens is 2. The minimum atomic E-state index is -0.589. The molecule has 1 aliphatic rings. The van der Waals surface area contributed by atoms with Gasteiger partial charge in [-0.3, -0.25) is 9.59 Å². The lowest BCUT2D eigenvalue weighted by Crippen LogP contribution is -2.24. The van der Waals surface area contributed by atoms with Gasteiger partial charge in [0, 0.05) is 18.5 Å². The highest BCUT2D eigenvalue weighted by atomic mass is 79.9. The molecule has 0 bridgehead atoms. The van der Waals surface area contributed by atoms with Gasteiger partial charge in [0.2, 0.25) is 0 Å². The number of rotatable bonds is 9. The van der Waals surface area contributed by atoms with Crippen LogP contribution in [-0.2, 0) is 17.7 Å². The van der Waals surface area contributed by atoms with Gasteiger partial charge in [0.15, 0.2) is 6.29 Å². The molecule has 1 aliphatic carbocycles. The molecule has 1 heterocycles. The quantitative estimate of drug-likeness (QED) is 0.102. The molecule has 0 aliphatic heterocycles. The summed E-state index contributed by atoms with van der Waals surface area (Å²) in [5, 5.41) is 0. The first-order valence-corrected chi connectivity index (χ1v) is 16.0. The Hall–Kier alpha value is -4.43. The van der Waals surface area contributed by atoms with Gasteiger partial charge in [-0.15, -0.1) is 0 Å². The van der Waals surface area contributed by atoms with E-state index in [-0.39, 0.29) is 16.4 Å². The van der Waals surface area contributed by atoms with Crippen LogP contribution in [0.4, 0.5) is 0 Å². The van der Waals surface area contributed by atoms with E-state index in [2.05, 4.69) is 44.5 Å². The predicted molar refractivity (Wildman–Crippen MR) is 181 cm³/mol. The third kappa shape index (κ3) is 7.45. The largest absolute Gasteiger partial charge is 0.456 e. The smallest absolute Gasteiger partial charge is 0.339 e. The number of benzene rings is 3. The van der Waals surface area contributed by atoms with Gasteiger partial charge >= 0.3 is 5.97 Å². The highest BCUT2D eigenvalue weighted by Gasteiger charge is 2.25. The van der Waals surface area contributed by atoms with Crippen LogP contribution in [0.25, 0.3) is 17.2 Å². The number of aliphatic imine (C=N–C) groups is 1. The molecule has 1 atom stereocenters. The van der Waals surface area contributed by atoms with Crippen molar-refractivity contribution >= 4 is 45.9 Å². The van der Waals surface area contributed by atoms with E-state index in [9.17, 15) is 14.4 Å². The summed E-state index contributed by atoms with van der Waals surface area (Å²) in [5.41, 5.74) is 5.77. The summed E-state index contributed by atoms with van der Waals surface area (Å²) in [4.78, 5) is 46.9. The second kappa shape index (κ2) is 13.7. The van der Waals surface area contributed by atoms with Crippen LogP contribution in [0.1, 0.15) is 99.2 Å². The van der Waals surface area contributed by atoms with E-state index in [4.69, 9.17) is 9.72 Å². The Labute approximate surface area is 272 Å². The SMILES string of the molecule is CCCC(Br)c1nc2c(n1Cc1ccc(-c3ccccc3C(=O)OC(C)(C)C)cc1)CC(=NC(=O)c1ccccc1C=O)C=C2. The number of allylic oxidation sites excluding steroid dienone is 1. The lowest BCUT2D eigenvalue weighted by molar-refractivity contribution is 0.00702. The molecule has 1 amide bonds. The molecule has 45 heavy (non-hydrogen) atoms. The zero-order valence-corrected chi connectivity index (χ0v) is 27.5. The normalized spacial score (nSPS) is 14.2. The molecule has 4 aromatic rings. The van der Waals surface area contributed by atoms with Crippen molar-refractivity contribution in [1.82, 2.24) is 9.55 Å². The molecule has 0 N–H and O–H groups in total. The number of carbonyl (C=O) groups excluding carboxylic acids is 3. The van der Waals surface area contributed by atoms with Crippen molar-refractivity contribution in [3.05, 3.63) is 118 Å². The lowest BCUT2D eigenvalue weighted by atomic mass is 9.98. The third-order valence-electron chi connectivity index (χ3n) is 7.45. The van der Waals surface area contributed by atoms with Gasteiger partial charge in [0.1, 0.15) is 11.4 Å². The monoisotopic (exact) mass is 665 g/mol. The van der Waals surface area contributed by atoms with Crippen LogP contribution in [-0.4, -0.2) is 39.0 Å². The molecule has 5 rings (SSSR count). The van der Waals surface area contributed by atoms with Crippen LogP contribution in [0.5, 0.6) is 0 Å². The molecule has 0 radical (unpaired) electrons. The summed E-state index contributed by atoms with van der Waals surface area (Å²) in [7, 11) is 0. The van der Waals surface area contributed by atoms with E-state index in [0.29, 0.717) is 36.1 Å². The van der Waals surface area contributed by atoms with Crippen LogP contribution < -0.4 is 0 Å². The molecule has 3 aromatic carbocycles. The van der Waals surface area contributed by atoms with E-state index >= 15 is 0 Å². The molecule has 1 unspecified atom stereocenters. The maximum Gasteiger partial charge on any atom is 0.339 e. The van der Waals surface area contributed by atoms with E-state index < -0.39 is 11.5 Å². The fraction of sp³-hybridized carbons (Fsp3) is 0.270. The Morgan fingerprint density at radius 1 is 1.00 bits per heavy atom. The van der Waals surface area contributed by atoms with E-state index in [0.717, 1.165) is 46.7 Å². The topological polar surface area (TPSA) is 90.6 Å². The van der Waals surface area contributed by atoms with Gasteiger partial charge in [-0.2, -0.15) is 0 Å². The number of hydrogen-bond acceptors (Lipinski definition) is 5. The van der Waals surface area contributed by atoms with Crippen molar-refractivity contribution in [2.24, 2.45) is 4.99 Å². The average molecular weight is 667 g/mol. The lowest BCUT2D eigenvalue weighted by Gasteiger charge is -2.20. The summed E-state index contributed by atoms with van der Waals surface area (Å²) in [5.74, 6) is 0.123. The number of ether oxygens (including phenoxy) is 1. The molecule has 7 nitrogen and oxygen atoms in total. The summed E-state index contributed by atoms with van der Waals surface area (Å²) >= 11 is 3.85. The van der Waals surface area contributed by atoms with Crippen molar-refractivity contribution in [1.29, 1.82) is 0 Å². The molecule has 1 aromatic heterocycles. The van der Waals surface area contributed by atoms with Crippen molar-refractivity contribution in [3.63, 3.8) is 0 Å². The maximum absolute atomic E-state index is 13.0. The van der Waals surface area contributed by atoms with Gasteiger partial charge in [-0.1, -0.05) is 89.9 Å². The predicted octanol–water partition coefficient (Wildman–Crippen LogP) is 8.45. The molecule has 0 spiro atoms. The number of fused-ring (bicyclic) bond motifs is 1. The Kier molecular flexibility index (Phi) is 9.73. The Balaban J connectivity index is 1.44. The molecule has 8 heteroatoms. The van der Waals surface area contributed by atoms with Gasteiger partial charge in [0.05, 0.1) is 33.1 Å². The van der Waals surface area contributed by atoms with Crippen molar-refractivity contribution in [2.45, 2.75) is 63.9 Å². The number of nitrogens with zero attached hydrogens (tertiary/aromatic N) is 3. The molecule has 230 valence electrons. The Morgan fingerprint density at radius 2 is 1.69 bits per heavy atom. The van der Waals surface area contributed by atoms with Crippen LogP contribution >= 0.6 is 15.9 Å². The van der Waals surface area contributed by atoms with Crippen molar-refractivity contribution < 1.29 is 19.1 Å². The molecule has 0 saturated heterocycles. The fourth-order valence-corrected chi connectivity index (χ4v) is 6.14. The maximum atomic E-state index is 13.0. The molecule has 0 saturated carbocycles. The number of hydrogen-bond donors (Lipinski definition) is 0. The molecule has 0 fully saturated rings. The van der Waals surface area contributed by atoms with Crippen LogP contribution in [0.15, 0.2) is 83.9 Å². The number of carbonyl (C=O) groups is 3. The van der Waals surface area contributed by atoms with E-state index in [1.807, 2.05) is 63.3 Å². The second-order valence-electron chi connectivity index (χ2n) is 12.0. The minimum Gasteiger partial charge on any atom is -0.456 e. The Bertz CT molecular complexity index is 1800. The fourth-order valence-electron chi connectivity index (χ4n) is 5.33. The number of halogens is 1. The van der Waals surface area contributed by atoms with Crippen LogP contribution in [0, 0.1) is 0 Å². The first-order chi connectivity index (χ1) is 21.6. The third-order valence-corrected chi connectivity index (χ3v) is 8.32. The summed E-state index contributed by atoms with van der Waals surface area (Å²) in [6.07, 6.45) is 6.74. The van der Waals surface area contributed by atoms with E-state index in [1.54, 1.807) is 30.3 Å². The van der Waals surface area contributed by atoms with Crippen LogP contribution in [0.2, 0.25) is 0 Å². The summed E-state index contributed by atoms with van der Waals surface area (Å²) < 4.78 is 7.86. The minimum absolute atomic E-state index is 0.0583. The van der Waals surface area contributed by atoms with Crippen LogP contribution in [0.3, 0.4) is 0 Å². The number of aldehydes is 1. The average Bonchev–Trinajstić information content (AvgIpc) is 3.38. The second-order valence-corrected chi connectivity index (χ2v) is 13.1. The molecular weight excluding hydrogens is 630 g/mol. The Morgan fingerprint density at radius 3 is 2.38 bits per heavy atom. The highest BCUT2D eigenvalue weighted by molar-refractivity contribution is 9.09. The van der Waals surface area contributed by atoms with Gasteiger partial charge < -0.3 is 9.30 Å². The van der Waals surface area contributed by atoms with Gasteiger partial charge in [-0.25, -0.2) is 14.8 Å². The van der Waals surface area contributed by atoms with Gasteiger partial charge in [-0.05, 0) is 68.2 Å². The van der Waals surface area contributed by atoms with E-state index in [1.165, 1.54) is 0 Å². The number of alkyl halides is 1.